The van der Waals surface area contributed by atoms with Crippen LogP contribution in [0.5, 0.6) is 0 Å². The number of carboxylic acid groups (broad SMARTS) is 2. The van der Waals surface area contributed by atoms with E-state index in [1.165, 1.54) is 5.69 Å². The summed E-state index contributed by atoms with van der Waals surface area (Å²) < 4.78 is 32.8. The molecule has 2 aliphatic rings. The van der Waals surface area contributed by atoms with Gasteiger partial charge >= 0.3 is 18.1 Å². The summed E-state index contributed by atoms with van der Waals surface area (Å²) in [6.45, 7) is 6.01. The van der Waals surface area contributed by atoms with E-state index < -0.39 is 18.1 Å². The summed E-state index contributed by atoms with van der Waals surface area (Å²) in [5.74, 6) is 1.73. The molecule has 0 unspecified atom stereocenters. The van der Waals surface area contributed by atoms with Gasteiger partial charge in [0.1, 0.15) is 0 Å². The molecule has 13 heteroatoms. The fraction of sp³-hybridized carbons (Fsp3) is 0.550. The van der Waals surface area contributed by atoms with Crippen LogP contribution in [0, 0.1) is 0 Å². The molecule has 0 spiro atoms. The number of rotatable bonds is 5. The molecule has 1 aromatic carbocycles. The Morgan fingerprint density at radius 3 is 2.15 bits per heavy atom. The molecule has 0 amide bonds. The fourth-order valence-corrected chi connectivity index (χ4v) is 4.56. The van der Waals surface area contributed by atoms with Crippen LogP contribution in [-0.2, 0) is 9.59 Å². The molecule has 2 saturated heterocycles. The van der Waals surface area contributed by atoms with Crippen molar-refractivity contribution >= 4 is 39.8 Å². The topological polar surface area (TPSA) is 123 Å². The largest absolute Gasteiger partial charge is 0.490 e. The molecule has 0 aliphatic carbocycles. The molecule has 9 nitrogen and oxygen atoms in total. The van der Waals surface area contributed by atoms with Gasteiger partial charge in [-0.25, -0.2) is 4.79 Å². The molecule has 184 valence electrons. The Bertz CT molecular complexity index is 839. The number of hydrogen-bond donors (Lipinski definition) is 3. The predicted octanol–water partition coefficient (Wildman–Crippen LogP) is 2.05. The summed E-state index contributed by atoms with van der Waals surface area (Å²) >= 11 is 3.66. The number of alkyl halides is 3. The maximum atomic E-state index is 10.8. The fourth-order valence-electron chi connectivity index (χ4n) is 3.91. The summed E-state index contributed by atoms with van der Waals surface area (Å²) in [6.07, 6.45) is -1.32. The molecule has 2 heterocycles. The Morgan fingerprint density at radius 1 is 1.12 bits per heavy atom. The second-order valence-electron chi connectivity index (χ2n) is 7.72. The second-order valence-corrected chi connectivity index (χ2v) is 8.57. The van der Waals surface area contributed by atoms with E-state index in [4.69, 9.17) is 20.9 Å². The van der Waals surface area contributed by atoms with Crippen molar-refractivity contribution in [3.63, 3.8) is 0 Å². The summed E-state index contributed by atoms with van der Waals surface area (Å²) in [4.78, 5) is 26.7. The Balaban J connectivity index is 0.000000479. The van der Waals surface area contributed by atoms with E-state index in [0.29, 0.717) is 6.04 Å². The number of piperazine rings is 1. The number of halogens is 4. The monoisotopic (exact) mass is 537 g/mol. The molecule has 0 aromatic heterocycles. The first kappa shape index (κ1) is 26.9. The quantitative estimate of drug-likeness (QED) is 0.296. The van der Waals surface area contributed by atoms with E-state index in [0.717, 1.165) is 62.1 Å². The molecule has 4 N–H and O–H groups in total. The Hall–Kier alpha value is -2.38. The highest BCUT2D eigenvalue weighted by Crippen LogP contribution is 2.29. The molecule has 1 aromatic rings. The van der Waals surface area contributed by atoms with Crippen molar-refractivity contribution in [1.29, 1.82) is 0 Å². The van der Waals surface area contributed by atoms with Crippen LogP contribution in [0.3, 0.4) is 0 Å². The first-order valence-corrected chi connectivity index (χ1v) is 11.1. The number of hydrogen-bond acceptors (Lipinski definition) is 7. The first-order chi connectivity index (χ1) is 15.5. The molecule has 0 radical (unpaired) electrons. The van der Waals surface area contributed by atoms with Gasteiger partial charge in [0.15, 0.2) is 0 Å². The van der Waals surface area contributed by atoms with Gasteiger partial charge in [0, 0.05) is 49.8 Å². The Morgan fingerprint density at radius 2 is 1.70 bits per heavy atom. The highest BCUT2D eigenvalue weighted by Gasteiger charge is 2.38. The van der Waals surface area contributed by atoms with Crippen LogP contribution in [0.2, 0.25) is 0 Å². The number of carbonyl (C=O) groups is 2. The number of piperidine rings is 1. The minimum absolute atomic E-state index is 0.166. The minimum Gasteiger partial charge on any atom is -0.480 e. The van der Waals surface area contributed by atoms with Gasteiger partial charge in [-0.2, -0.15) is 18.3 Å². The van der Waals surface area contributed by atoms with Crippen molar-refractivity contribution in [2.45, 2.75) is 25.1 Å². The van der Waals surface area contributed by atoms with Crippen LogP contribution in [-0.4, -0.2) is 96.2 Å². The average Bonchev–Trinajstić information content (AvgIpc) is 2.74. The van der Waals surface area contributed by atoms with E-state index >= 15 is 0 Å². The smallest absolute Gasteiger partial charge is 0.480 e. The first-order valence-electron chi connectivity index (χ1n) is 10.3. The third kappa shape index (κ3) is 8.48. The van der Waals surface area contributed by atoms with E-state index in [1.54, 1.807) is 6.21 Å². The van der Waals surface area contributed by atoms with Crippen LogP contribution >= 0.6 is 15.9 Å². The number of nitrogens with two attached hydrogens (primary N) is 1. The summed E-state index contributed by atoms with van der Waals surface area (Å²) in [5.41, 5.74) is 2.19. The van der Waals surface area contributed by atoms with Gasteiger partial charge in [0.2, 0.25) is 0 Å². The molecular weight excluding hydrogens is 511 g/mol. The van der Waals surface area contributed by atoms with Crippen molar-refractivity contribution in [3.8, 4) is 0 Å². The number of hydrazone groups is 1. The predicted molar refractivity (Wildman–Crippen MR) is 120 cm³/mol. The lowest BCUT2D eigenvalue weighted by Gasteiger charge is -2.43. The van der Waals surface area contributed by atoms with Crippen molar-refractivity contribution < 1.29 is 33.0 Å². The van der Waals surface area contributed by atoms with Crippen molar-refractivity contribution in [1.82, 2.24) is 9.80 Å². The maximum absolute atomic E-state index is 10.8. The van der Waals surface area contributed by atoms with Crippen LogP contribution < -0.4 is 10.7 Å². The zero-order valence-electron chi connectivity index (χ0n) is 17.8. The Kier molecular flexibility index (Phi) is 9.92. The van der Waals surface area contributed by atoms with Crippen molar-refractivity contribution in [2.24, 2.45) is 10.9 Å². The summed E-state index contributed by atoms with van der Waals surface area (Å²) in [5, 5.41) is 19.6. The summed E-state index contributed by atoms with van der Waals surface area (Å²) in [6, 6.07) is 6.76. The highest BCUT2D eigenvalue weighted by atomic mass is 79.9. The molecule has 3 rings (SSSR count). The van der Waals surface area contributed by atoms with Gasteiger partial charge < -0.3 is 21.0 Å². The van der Waals surface area contributed by atoms with E-state index in [2.05, 4.69) is 36.9 Å². The van der Waals surface area contributed by atoms with Crippen molar-refractivity contribution in [2.75, 3.05) is 50.7 Å². The van der Waals surface area contributed by atoms with Crippen LogP contribution in [0.4, 0.5) is 18.9 Å². The van der Waals surface area contributed by atoms with E-state index in [1.807, 2.05) is 17.0 Å². The van der Waals surface area contributed by atoms with E-state index in [9.17, 15) is 18.0 Å². The number of anilines is 1. The molecule has 2 aliphatic heterocycles. The molecule has 33 heavy (non-hydrogen) atoms. The third-order valence-electron chi connectivity index (χ3n) is 5.53. The number of aliphatic carboxylic acids is 2. The van der Waals surface area contributed by atoms with Gasteiger partial charge in [-0.3, -0.25) is 14.6 Å². The number of carboxylic acids is 2. The normalized spacial score (nSPS) is 18.7. The van der Waals surface area contributed by atoms with Crippen LogP contribution in [0.25, 0.3) is 0 Å². The molecule has 0 atom stereocenters. The van der Waals surface area contributed by atoms with Gasteiger partial charge in [-0.05, 0) is 46.5 Å². The zero-order chi connectivity index (χ0) is 24.6. The zero-order valence-corrected chi connectivity index (χ0v) is 19.4. The molecule has 0 bridgehead atoms. The number of benzene rings is 1. The average molecular weight is 538 g/mol. The SMILES string of the molecule is NN=Cc1ccc(N2CCN(C3CCN(CC(=O)O)CC3)CC2)c(Br)c1.O=C(O)C(F)(F)F. The highest BCUT2D eigenvalue weighted by molar-refractivity contribution is 9.10. The summed E-state index contributed by atoms with van der Waals surface area (Å²) in [7, 11) is 0. The van der Waals surface area contributed by atoms with Crippen molar-refractivity contribution in [3.05, 3.63) is 28.2 Å². The molecule has 0 saturated carbocycles. The van der Waals surface area contributed by atoms with Crippen LogP contribution in [0.15, 0.2) is 27.8 Å². The minimum atomic E-state index is -5.08. The lowest BCUT2D eigenvalue weighted by Crippen LogP contribution is -2.53. The molecular formula is C20H27BrF3N5O4. The second kappa shape index (κ2) is 12.2. The van der Waals surface area contributed by atoms with Gasteiger partial charge in [0.05, 0.1) is 18.4 Å². The van der Waals surface area contributed by atoms with Crippen LogP contribution in [0.1, 0.15) is 18.4 Å². The number of nitrogens with zero attached hydrogens (tertiary/aromatic N) is 4. The van der Waals surface area contributed by atoms with Gasteiger partial charge in [-0.1, -0.05) is 6.07 Å². The Labute approximate surface area is 197 Å². The molecule has 2 fully saturated rings. The lowest BCUT2D eigenvalue weighted by molar-refractivity contribution is -0.192. The van der Waals surface area contributed by atoms with E-state index in [-0.39, 0.29) is 6.54 Å². The number of likely N-dealkylation sites (tertiary alicyclic amines) is 1. The third-order valence-corrected chi connectivity index (χ3v) is 6.16. The van der Waals surface area contributed by atoms with Gasteiger partial charge in [-0.15, -0.1) is 0 Å². The standard InChI is InChI=1S/C18H26BrN5O2.C2HF3O2/c19-16-11-14(12-21-20)1-2-17(16)24-9-7-23(8-10-24)15-3-5-22(6-4-15)13-18(25)26;3-2(4,5)1(6)7/h1-2,11-12,15H,3-10,13,20H2,(H,25,26);(H,6,7). The lowest BCUT2D eigenvalue weighted by atomic mass is 10.0. The van der Waals surface area contributed by atoms with Gasteiger partial charge in [0.25, 0.3) is 0 Å². The maximum Gasteiger partial charge on any atom is 0.490 e.